The van der Waals surface area contributed by atoms with Crippen LogP contribution in [-0.2, 0) is 0 Å². The molecule has 0 bridgehead atoms. The van der Waals surface area contributed by atoms with Gasteiger partial charge < -0.3 is 5.11 Å². The summed E-state index contributed by atoms with van der Waals surface area (Å²) in [5, 5.41) is 8.71. The Morgan fingerprint density at radius 3 is 2.19 bits per heavy atom. The Balaban J connectivity index is 3.79. The second-order valence-corrected chi connectivity index (χ2v) is 5.63. The van der Waals surface area contributed by atoms with Gasteiger partial charge in [-0.3, -0.25) is 0 Å². The molecule has 1 nitrogen and oxygen atoms in total. The van der Waals surface area contributed by atoms with Crippen LogP contribution in [0.4, 0.5) is 0 Å². The van der Waals surface area contributed by atoms with E-state index >= 15 is 0 Å². The zero-order valence-corrected chi connectivity index (χ0v) is 12.8. The van der Waals surface area contributed by atoms with Gasteiger partial charge in [-0.15, -0.1) is 0 Å². The maximum atomic E-state index is 8.71. The minimum Gasteiger partial charge on any atom is -0.392 e. The fourth-order valence-electron chi connectivity index (χ4n) is 1.35. The first-order valence-electron chi connectivity index (χ1n) is 5.80. The molecule has 0 aromatic heterocycles. The molecule has 0 aromatic rings. The van der Waals surface area contributed by atoms with Crippen LogP contribution < -0.4 is 0 Å². The predicted molar refractivity (Wildman–Crippen MR) is 80.8 cm³/mol. The second-order valence-electron chi connectivity index (χ2n) is 4.24. The van der Waals surface area contributed by atoms with Crippen LogP contribution in [0, 0.1) is 0 Å². The van der Waals surface area contributed by atoms with Gasteiger partial charge in [0.1, 0.15) is 0 Å². The van der Waals surface area contributed by atoms with E-state index in [4.69, 9.17) is 5.11 Å². The molecule has 0 aromatic carbocycles. The van der Waals surface area contributed by atoms with Crippen LogP contribution in [0.25, 0.3) is 0 Å². The van der Waals surface area contributed by atoms with Crippen molar-refractivity contribution in [3.63, 3.8) is 0 Å². The molecule has 0 aliphatic carbocycles. The van der Waals surface area contributed by atoms with Crippen LogP contribution in [-0.4, -0.2) is 11.7 Å². The quantitative estimate of drug-likeness (QED) is 0.525. The van der Waals surface area contributed by atoms with Crippen LogP contribution in [0.2, 0.25) is 0 Å². The summed E-state index contributed by atoms with van der Waals surface area (Å²) in [7, 11) is 0. The number of aliphatic hydroxyl groups is 1. The molecule has 0 saturated heterocycles. The zero-order valence-electron chi connectivity index (χ0n) is 10.6. The minimum absolute atomic E-state index is 0.154. The van der Waals surface area contributed by atoms with E-state index < -0.39 is 0 Å². The monoisotopic (exact) mass is 334 g/mol. The summed E-state index contributed by atoms with van der Waals surface area (Å²) in [4.78, 5) is 0. The highest BCUT2D eigenvalue weighted by Gasteiger charge is 1.92. The van der Waals surface area contributed by atoms with Crippen LogP contribution in [0.5, 0.6) is 0 Å². The third-order valence-corrected chi connectivity index (χ3v) is 3.26. The van der Waals surface area contributed by atoms with E-state index in [2.05, 4.69) is 55.5 Å². The van der Waals surface area contributed by atoms with E-state index in [1.165, 1.54) is 14.7 Å². The van der Waals surface area contributed by atoms with Gasteiger partial charge in [-0.05, 0) is 78.7 Å². The lowest BCUT2D eigenvalue weighted by Crippen LogP contribution is -1.80. The van der Waals surface area contributed by atoms with E-state index in [1.54, 1.807) is 0 Å². The van der Waals surface area contributed by atoms with Gasteiger partial charge in [0.25, 0.3) is 0 Å². The van der Waals surface area contributed by atoms with Gasteiger partial charge in [-0.2, -0.15) is 0 Å². The Hall–Kier alpha value is -0.0900. The maximum Gasteiger partial charge on any atom is 0.0622 e. The first-order chi connectivity index (χ1) is 7.56. The molecule has 0 heterocycles. The molecule has 0 rings (SSSR count). The maximum absolute atomic E-state index is 8.71. The van der Waals surface area contributed by atoms with Gasteiger partial charge in [-0.25, -0.2) is 0 Å². The lowest BCUT2D eigenvalue weighted by Gasteiger charge is -2.00. The molecule has 16 heavy (non-hydrogen) atoms. The number of hydrogen-bond donors (Lipinski definition) is 1. The van der Waals surface area contributed by atoms with Crippen molar-refractivity contribution in [3.8, 4) is 0 Å². The molecule has 1 N–H and O–H groups in total. The van der Waals surface area contributed by atoms with Crippen molar-refractivity contribution >= 4 is 22.6 Å². The Kier molecular flexibility index (Phi) is 10.0. The molecule has 0 atom stereocenters. The minimum atomic E-state index is 0.154. The Labute approximate surface area is 113 Å². The molecule has 2 heteroatoms. The van der Waals surface area contributed by atoms with Crippen molar-refractivity contribution in [2.75, 3.05) is 6.61 Å². The number of rotatable bonds is 7. The molecule has 0 fully saturated rings. The molecular formula is C14H23IO. The molecule has 0 aliphatic rings. The van der Waals surface area contributed by atoms with Crippen molar-refractivity contribution in [1.29, 1.82) is 0 Å². The van der Waals surface area contributed by atoms with Crippen molar-refractivity contribution < 1.29 is 5.11 Å². The van der Waals surface area contributed by atoms with Crippen LogP contribution in [0.15, 0.2) is 33.0 Å². The van der Waals surface area contributed by atoms with Crippen molar-refractivity contribution in [3.05, 3.63) is 33.0 Å². The summed E-state index contributed by atoms with van der Waals surface area (Å²) in [5.74, 6) is 0. The molecule has 0 radical (unpaired) electrons. The van der Waals surface area contributed by atoms with Gasteiger partial charge in [0, 0.05) is 0 Å². The van der Waals surface area contributed by atoms with E-state index in [0.717, 1.165) is 25.7 Å². The lowest BCUT2D eigenvalue weighted by molar-refractivity contribution is 0.342. The van der Waals surface area contributed by atoms with Gasteiger partial charge in [-0.1, -0.05) is 23.3 Å². The average Bonchev–Trinajstić information content (AvgIpc) is 2.17. The van der Waals surface area contributed by atoms with Gasteiger partial charge in [0.05, 0.1) is 6.61 Å². The number of allylic oxidation sites excluding steroid dienone is 5. The van der Waals surface area contributed by atoms with E-state index in [9.17, 15) is 0 Å². The summed E-state index contributed by atoms with van der Waals surface area (Å²) in [6.07, 6.45) is 10.9. The third kappa shape index (κ3) is 10.4. The summed E-state index contributed by atoms with van der Waals surface area (Å²) in [6, 6.07) is 0. The Morgan fingerprint density at radius 1 is 1.00 bits per heavy atom. The molecule has 0 saturated carbocycles. The lowest BCUT2D eigenvalue weighted by atomic mass is 10.1. The Bertz CT molecular complexity index is 270. The third-order valence-electron chi connectivity index (χ3n) is 2.28. The number of aliphatic hydroxyl groups excluding tert-OH is 1. The summed E-state index contributed by atoms with van der Waals surface area (Å²) < 4.78 is 1.24. The first-order valence-corrected chi connectivity index (χ1v) is 6.88. The van der Waals surface area contributed by atoms with Crippen molar-refractivity contribution in [2.45, 2.75) is 46.5 Å². The SMILES string of the molecule is CC(C)=CCC/C(C)=C/CC/C(I)=C/CO. The number of hydrogen-bond acceptors (Lipinski definition) is 1. The molecule has 92 valence electrons. The number of halogens is 1. The van der Waals surface area contributed by atoms with E-state index in [0.29, 0.717) is 0 Å². The highest BCUT2D eigenvalue weighted by Crippen LogP contribution is 2.15. The van der Waals surface area contributed by atoms with Crippen molar-refractivity contribution in [2.24, 2.45) is 0 Å². The van der Waals surface area contributed by atoms with Gasteiger partial charge in [0.15, 0.2) is 0 Å². The van der Waals surface area contributed by atoms with Gasteiger partial charge >= 0.3 is 0 Å². The van der Waals surface area contributed by atoms with Crippen LogP contribution in [0.3, 0.4) is 0 Å². The molecule has 0 unspecified atom stereocenters. The fourth-order valence-corrected chi connectivity index (χ4v) is 1.86. The van der Waals surface area contributed by atoms with E-state index in [1.807, 2.05) is 6.08 Å². The standard InChI is InChI=1S/C14H23IO/c1-12(2)6-4-7-13(3)8-5-9-14(15)10-11-16/h6,8,10,16H,4-5,7,9,11H2,1-3H3/b13-8+,14-10-. The van der Waals surface area contributed by atoms with Crippen LogP contribution >= 0.6 is 22.6 Å². The van der Waals surface area contributed by atoms with Gasteiger partial charge in [0.2, 0.25) is 0 Å². The fraction of sp³-hybridized carbons (Fsp3) is 0.571. The normalized spacial score (nSPS) is 12.8. The average molecular weight is 334 g/mol. The smallest absolute Gasteiger partial charge is 0.0622 e. The molecule has 0 aliphatic heterocycles. The van der Waals surface area contributed by atoms with Crippen molar-refractivity contribution in [1.82, 2.24) is 0 Å². The highest BCUT2D eigenvalue weighted by molar-refractivity contribution is 14.1. The topological polar surface area (TPSA) is 20.2 Å². The zero-order chi connectivity index (χ0) is 12.4. The first kappa shape index (κ1) is 15.9. The highest BCUT2D eigenvalue weighted by atomic mass is 127. The summed E-state index contributed by atoms with van der Waals surface area (Å²) in [5.41, 5.74) is 2.86. The summed E-state index contributed by atoms with van der Waals surface area (Å²) in [6.45, 7) is 6.63. The second kappa shape index (κ2) is 10.1. The van der Waals surface area contributed by atoms with E-state index in [-0.39, 0.29) is 6.61 Å². The molecule has 0 spiro atoms. The molecule has 0 amide bonds. The Morgan fingerprint density at radius 2 is 1.62 bits per heavy atom. The molecular weight excluding hydrogens is 311 g/mol. The predicted octanol–water partition coefficient (Wildman–Crippen LogP) is 4.77. The summed E-state index contributed by atoms with van der Waals surface area (Å²) >= 11 is 2.29. The van der Waals surface area contributed by atoms with Crippen LogP contribution in [0.1, 0.15) is 46.5 Å². The largest absolute Gasteiger partial charge is 0.392 e.